The minimum Gasteiger partial charge on any atom is -0.489 e. The smallest absolute Gasteiger partial charge is 0.251 e. The molecule has 0 fully saturated rings. The molecule has 0 aliphatic carbocycles. The lowest BCUT2D eigenvalue weighted by Gasteiger charge is -2.12. The summed E-state index contributed by atoms with van der Waals surface area (Å²) in [7, 11) is 0. The fourth-order valence-electron chi connectivity index (χ4n) is 2.65. The van der Waals surface area contributed by atoms with E-state index in [-0.39, 0.29) is 12.0 Å². The van der Waals surface area contributed by atoms with E-state index in [0.29, 0.717) is 24.6 Å². The number of aromatic nitrogens is 1. The first-order valence-electron chi connectivity index (χ1n) is 9.27. The van der Waals surface area contributed by atoms with Crippen LogP contribution in [0.2, 0.25) is 0 Å². The lowest BCUT2D eigenvalue weighted by molar-refractivity contribution is 0.0948. The van der Waals surface area contributed by atoms with Gasteiger partial charge in [0.25, 0.3) is 5.91 Å². The Kier molecular flexibility index (Phi) is 6.63. The Labute approximate surface area is 165 Å². The van der Waals surface area contributed by atoms with E-state index >= 15 is 0 Å². The summed E-state index contributed by atoms with van der Waals surface area (Å²) in [5.74, 6) is 1.20. The van der Waals surface area contributed by atoms with Crippen LogP contribution < -0.4 is 14.8 Å². The molecule has 0 aliphatic rings. The number of pyridine rings is 1. The van der Waals surface area contributed by atoms with Crippen molar-refractivity contribution in [2.75, 3.05) is 0 Å². The molecule has 0 bridgehead atoms. The molecule has 0 radical (unpaired) electrons. The van der Waals surface area contributed by atoms with E-state index in [1.54, 1.807) is 12.3 Å². The third-order valence-electron chi connectivity index (χ3n) is 4.01. The number of benzene rings is 2. The highest BCUT2D eigenvalue weighted by atomic mass is 16.5. The highest BCUT2D eigenvalue weighted by Gasteiger charge is 2.11. The minimum atomic E-state index is -0.144. The van der Waals surface area contributed by atoms with E-state index in [1.807, 2.05) is 74.5 Å². The van der Waals surface area contributed by atoms with Crippen molar-refractivity contribution in [2.45, 2.75) is 33.1 Å². The van der Waals surface area contributed by atoms with Crippen LogP contribution in [0.25, 0.3) is 0 Å². The topological polar surface area (TPSA) is 60.5 Å². The Morgan fingerprint density at radius 2 is 1.75 bits per heavy atom. The highest BCUT2D eigenvalue weighted by molar-refractivity contribution is 5.95. The second-order valence-electron chi connectivity index (χ2n) is 6.61. The van der Waals surface area contributed by atoms with Gasteiger partial charge in [0.2, 0.25) is 5.88 Å². The molecule has 3 rings (SSSR count). The molecule has 2 aromatic carbocycles. The van der Waals surface area contributed by atoms with Crippen molar-refractivity contribution >= 4 is 5.91 Å². The molecule has 1 aromatic heterocycles. The fraction of sp³-hybridized carbons (Fsp3) is 0.217. The molecule has 0 unspecified atom stereocenters. The average Bonchev–Trinajstić information content (AvgIpc) is 2.72. The van der Waals surface area contributed by atoms with E-state index in [0.717, 1.165) is 16.9 Å². The molecule has 0 atom stereocenters. The zero-order valence-corrected chi connectivity index (χ0v) is 16.1. The van der Waals surface area contributed by atoms with Crippen LogP contribution in [0.1, 0.15) is 35.3 Å². The predicted molar refractivity (Wildman–Crippen MR) is 108 cm³/mol. The Morgan fingerprint density at radius 1 is 1.00 bits per heavy atom. The van der Waals surface area contributed by atoms with Gasteiger partial charge in [0.1, 0.15) is 12.4 Å². The van der Waals surface area contributed by atoms with Gasteiger partial charge < -0.3 is 14.8 Å². The number of nitrogens with one attached hydrogen (secondary N) is 1. The summed E-state index contributed by atoms with van der Waals surface area (Å²) < 4.78 is 11.3. The van der Waals surface area contributed by atoms with Crippen LogP contribution in [0, 0.1) is 0 Å². The molecule has 0 spiro atoms. The SMILES string of the molecule is CC(C)Oc1ccc(CNC(=O)c2ccccc2COc2ccccc2)cn1. The molecule has 1 N–H and O–H groups in total. The molecule has 1 heterocycles. The molecule has 5 nitrogen and oxygen atoms in total. The van der Waals surface area contributed by atoms with Gasteiger partial charge in [-0.05, 0) is 37.6 Å². The van der Waals surface area contributed by atoms with E-state index in [1.165, 1.54) is 0 Å². The first-order chi connectivity index (χ1) is 13.6. The Morgan fingerprint density at radius 3 is 2.46 bits per heavy atom. The summed E-state index contributed by atoms with van der Waals surface area (Å²) in [6.07, 6.45) is 1.79. The van der Waals surface area contributed by atoms with Gasteiger partial charge >= 0.3 is 0 Å². The van der Waals surface area contributed by atoms with Gasteiger partial charge in [-0.1, -0.05) is 42.5 Å². The Bertz CT molecular complexity index is 893. The van der Waals surface area contributed by atoms with Crippen molar-refractivity contribution < 1.29 is 14.3 Å². The number of para-hydroxylation sites is 1. The van der Waals surface area contributed by atoms with Crippen LogP contribution in [0.15, 0.2) is 72.9 Å². The van der Waals surface area contributed by atoms with E-state index in [2.05, 4.69) is 10.3 Å². The number of nitrogens with zero attached hydrogens (tertiary/aromatic N) is 1. The van der Waals surface area contributed by atoms with Gasteiger partial charge in [-0.3, -0.25) is 4.79 Å². The van der Waals surface area contributed by atoms with Crippen LogP contribution >= 0.6 is 0 Å². The molecule has 0 saturated heterocycles. The third kappa shape index (κ3) is 5.58. The number of rotatable bonds is 8. The molecule has 1 amide bonds. The maximum Gasteiger partial charge on any atom is 0.251 e. The maximum absolute atomic E-state index is 12.7. The largest absolute Gasteiger partial charge is 0.489 e. The minimum absolute atomic E-state index is 0.0765. The summed E-state index contributed by atoms with van der Waals surface area (Å²) >= 11 is 0. The van der Waals surface area contributed by atoms with Gasteiger partial charge in [-0.25, -0.2) is 4.98 Å². The second kappa shape index (κ2) is 9.55. The van der Waals surface area contributed by atoms with Crippen molar-refractivity contribution in [3.63, 3.8) is 0 Å². The molecule has 0 aliphatic heterocycles. The number of hydrogen-bond donors (Lipinski definition) is 1. The number of ether oxygens (including phenoxy) is 2. The van der Waals surface area contributed by atoms with Crippen LogP contribution in [-0.4, -0.2) is 17.0 Å². The highest BCUT2D eigenvalue weighted by Crippen LogP contribution is 2.15. The molecular weight excluding hydrogens is 352 g/mol. The molecule has 144 valence electrons. The van der Waals surface area contributed by atoms with Crippen molar-refractivity contribution in [3.05, 3.63) is 89.6 Å². The monoisotopic (exact) mass is 376 g/mol. The number of carbonyl (C=O) groups excluding carboxylic acids is 1. The maximum atomic E-state index is 12.7. The van der Waals surface area contributed by atoms with Gasteiger partial charge in [0.15, 0.2) is 0 Å². The fourth-order valence-corrected chi connectivity index (χ4v) is 2.65. The van der Waals surface area contributed by atoms with Crippen LogP contribution in [0.4, 0.5) is 0 Å². The van der Waals surface area contributed by atoms with Crippen LogP contribution in [0.5, 0.6) is 11.6 Å². The van der Waals surface area contributed by atoms with Crippen molar-refractivity contribution in [3.8, 4) is 11.6 Å². The lowest BCUT2D eigenvalue weighted by atomic mass is 10.1. The summed E-state index contributed by atoms with van der Waals surface area (Å²) in [6.45, 7) is 4.63. The van der Waals surface area contributed by atoms with Crippen LogP contribution in [-0.2, 0) is 13.2 Å². The number of carbonyl (C=O) groups is 1. The molecule has 0 saturated carbocycles. The van der Waals surface area contributed by atoms with E-state index in [4.69, 9.17) is 9.47 Å². The van der Waals surface area contributed by atoms with Crippen molar-refractivity contribution in [1.29, 1.82) is 0 Å². The first-order valence-corrected chi connectivity index (χ1v) is 9.27. The van der Waals surface area contributed by atoms with Gasteiger partial charge in [0, 0.05) is 29.9 Å². The zero-order chi connectivity index (χ0) is 19.8. The number of hydrogen-bond acceptors (Lipinski definition) is 4. The van der Waals surface area contributed by atoms with Gasteiger partial charge in [-0.15, -0.1) is 0 Å². The normalized spacial score (nSPS) is 10.5. The van der Waals surface area contributed by atoms with Crippen molar-refractivity contribution in [2.24, 2.45) is 0 Å². The standard InChI is InChI=1S/C23H24N2O3/c1-17(2)28-22-13-12-18(14-24-22)15-25-23(26)21-11-7-6-8-19(21)16-27-20-9-4-3-5-10-20/h3-14,17H,15-16H2,1-2H3,(H,25,26). The van der Waals surface area contributed by atoms with Gasteiger partial charge in [0.05, 0.1) is 6.10 Å². The average molecular weight is 376 g/mol. The second-order valence-corrected chi connectivity index (χ2v) is 6.61. The summed E-state index contributed by atoms with van der Waals surface area (Å²) in [5.41, 5.74) is 2.34. The summed E-state index contributed by atoms with van der Waals surface area (Å²) in [4.78, 5) is 16.9. The molecule has 28 heavy (non-hydrogen) atoms. The quantitative estimate of drug-likeness (QED) is 0.634. The molecule has 5 heteroatoms. The predicted octanol–water partition coefficient (Wildman–Crippen LogP) is 4.38. The van der Waals surface area contributed by atoms with Gasteiger partial charge in [-0.2, -0.15) is 0 Å². The lowest BCUT2D eigenvalue weighted by Crippen LogP contribution is -2.24. The summed E-state index contributed by atoms with van der Waals surface area (Å²) in [5, 5.41) is 2.94. The Balaban J connectivity index is 1.59. The molecule has 3 aromatic rings. The third-order valence-corrected chi connectivity index (χ3v) is 4.01. The van der Waals surface area contributed by atoms with E-state index < -0.39 is 0 Å². The number of amides is 1. The molecular formula is C23H24N2O3. The zero-order valence-electron chi connectivity index (χ0n) is 16.1. The first kappa shape index (κ1) is 19.4. The summed E-state index contributed by atoms with van der Waals surface area (Å²) in [6, 6.07) is 20.7. The Hall–Kier alpha value is -3.34. The van der Waals surface area contributed by atoms with E-state index in [9.17, 15) is 4.79 Å². The van der Waals surface area contributed by atoms with Crippen molar-refractivity contribution in [1.82, 2.24) is 10.3 Å². The van der Waals surface area contributed by atoms with Crippen LogP contribution in [0.3, 0.4) is 0 Å².